The zero-order valence-corrected chi connectivity index (χ0v) is 17.7. The molecule has 1 aliphatic rings. The maximum absolute atomic E-state index is 13.4. The second-order valence-electron chi connectivity index (χ2n) is 7.68. The Morgan fingerprint density at radius 2 is 1.74 bits per heavy atom. The van der Waals surface area contributed by atoms with Gasteiger partial charge in [0.2, 0.25) is 0 Å². The van der Waals surface area contributed by atoms with Gasteiger partial charge in [0, 0.05) is 19.2 Å². The zero-order valence-electron chi connectivity index (χ0n) is 16.9. The molecule has 0 spiro atoms. The lowest BCUT2D eigenvalue weighted by atomic mass is 10.2. The van der Waals surface area contributed by atoms with E-state index in [1.54, 1.807) is 0 Å². The predicted molar refractivity (Wildman–Crippen MR) is 112 cm³/mol. The van der Waals surface area contributed by atoms with E-state index in [0.717, 1.165) is 29.2 Å². The smallest absolute Gasteiger partial charge is 0.355 e. The Balaban J connectivity index is 1.60. The van der Waals surface area contributed by atoms with E-state index in [9.17, 15) is 21.6 Å². The molecule has 1 fully saturated rings. The number of nitrogens with zero attached hydrogens (tertiary/aromatic N) is 3. The van der Waals surface area contributed by atoms with E-state index in [1.165, 1.54) is 12.1 Å². The van der Waals surface area contributed by atoms with Crippen molar-refractivity contribution in [2.45, 2.75) is 36.2 Å². The highest BCUT2D eigenvalue weighted by Gasteiger charge is 2.41. The molecule has 1 unspecified atom stereocenters. The van der Waals surface area contributed by atoms with Gasteiger partial charge in [-0.1, -0.05) is 42.5 Å². The van der Waals surface area contributed by atoms with Gasteiger partial charge < -0.3 is 4.90 Å². The molecule has 164 valence electrons. The van der Waals surface area contributed by atoms with Crippen LogP contribution in [0.4, 0.5) is 19.0 Å². The quantitative estimate of drug-likeness (QED) is 0.583. The van der Waals surface area contributed by atoms with Crippen molar-refractivity contribution in [1.29, 1.82) is 0 Å². The fourth-order valence-corrected chi connectivity index (χ4v) is 5.89. The van der Waals surface area contributed by atoms with Crippen molar-refractivity contribution in [3.8, 4) is 0 Å². The first kappa shape index (κ1) is 21.4. The molecule has 0 aliphatic carbocycles. The van der Waals surface area contributed by atoms with Crippen molar-refractivity contribution >= 4 is 15.7 Å². The first-order valence-electron chi connectivity index (χ1n) is 9.90. The summed E-state index contributed by atoms with van der Waals surface area (Å²) in [5, 5.41) is 3.60. The molecule has 0 N–H and O–H groups in total. The Bertz CT molecular complexity index is 1170. The minimum Gasteiger partial charge on any atom is -0.355 e. The summed E-state index contributed by atoms with van der Waals surface area (Å²) in [4.78, 5) is 1.24. The number of halogens is 3. The van der Waals surface area contributed by atoms with Crippen LogP contribution >= 0.6 is 0 Å². The van der Waals surface area contributed by atoms with Gasteiger partial charge in [-0.3, -0.25) is 0 Å². The molecule has 31 heavy (non-hydrogen) atoms. The maximum atomic E-state index is 13.4. The SMILES string of the molecule is Cc1cc(N2CCC(S(=O)(=O)c3ccccc3C(F)(F)F)C2)n(Cc2ccccc2)n1. The van der Waals surface area contributed by atoms with Gasteiger partial charge in [0.25, 0.3) is 0 Å². The van der Waals surface area contributed by atoms with E-state index in [1.807, 2.05) is 52.9 Å². The molecule has 0 radical (unpaired) electrons. The van der Waals surface area contributed by atoms with Crippen LogP contribution in [0.15, 0.2) is 65.6 Å². The highest BCUT2D eigenvalue weighted by Crippen LogP contribution is 2.37. The van der Waals surface area contributed by atoms with Crippen LogP contribution in [-0.2, 0) is 22.6 Å². The normalized spacial score (nSPS) is 17.3. The van der Waals surface area contributed by atoms with Gasteiger partial charge in [-0.2, -0.15) is 18.3 Å². The average molecular weight is 449 g/mol. The van der Waals surface area contributed by atoms with Gasteiger partial charge in [0.1, 0.15) is 5.82 Å². The van der Waals surface area contributed by atoms with Crippen molar-refractivity contribution < 1.29 is 21.6 Å². The number of alkyl halides is 3. The molecular weight excluding hydrogens is 427 g/mol. The number of aromatic nitrogens is 2. The molecule has 1 aromatic heterocycles. The van der Waals surface area contributed by atoms with Crippen molar-refractivity contribution in [2.75, 3.05) is 18.0 Å². The lowest BCUT2D eigenvalue weighted by Crippen LogP contribution is -2.29. The first-order chi connectivity index (χ1) is 14.7. The van der Waals surface area contributed by atoms with Crippen LogP contribution in [-0.4, -0.2) is 36.5 Å². The second-order valence-corrected chi connectivity index (χ2v) is 9.88. The molecule has 1 saturated heterocycles. The Morgan fingerprint density at radius 1 is 1.06 bits per heavy atom. The van der Waals surface area contributed by atoms with E-state index >= 15 is 0 Å². The van der Waals surface area contributed by atoms with E-state index in [0.29, 0.717) is 13.1 Å². The summed E-state index contributed by atoms with van der Waals surface area (Å²) in [7, 11) is -4.15. The molecule has 0 bridgehead atoms. The fraction of sp³-hybridized carbons (Fsp3) is 0.318. The van der Waals surface area contributed by atoms with Crippen molar-refractivity contribution in [3.05, 3.63) is 77.5 Å². The molecule has 2 heterocycles. The Labute approximate surface area is 179 Å². The van der Waals surface area contributed by atoms with Crippen molar-refractivity contribution in [2.24, 2.45) is 0 Å². The van der Waals surface area contributed by atoms with E-state index in [4.69, 9.17) is 0 Å². The standard InChI is InChI=1S/C22H22F3N3O2S/c1-16-13-21(28(26-16)14-17-7-3-2-4-8-17)27-12-11-18(15-27)31(29,30)20-10-6-5-9-19(20)22(23,24)25/h2-10,13,18H,11-12,14-15H2,1H3. The zero-order chi connectivity index (χ0) is 22.2. The van der Waals surface area contributed by atoms with Crippen molar-refractivity contribution in [3.63, 3.8) is 0 Å². The summed E-state index contributed by atoms with van der Waals surface area (Å²) in [6, 6.07) is 16.0. The number of hydrogen-bond donors (Lipinski definition) is 0. The van der Waals surface area contributed by atoms with Crippen LogP contribution in [0.2, 0.25) is 0 Å². The Kier molecular flexibility index (Phi) is 5.55. The number of sulfone groups is 1. The third kappa shape index (κ3) is 4.32. The monoisotopic (exact) mass is 449 g/mol. The summed E-state index contributed by atoms with van der Waals surface area (Å²) < 4.78 is 68.2. The van der Waals surface area contributed by atoms with Gasteiger partial charge >= 0.3 is 6.18 Å². The van der Waals surface area contributed by atoms with E-state index in [-0.39, 0.29) is 13.0 Å². The van der Waals surface area contributed by atoms with Gasteiger partial charge in [-0.25, -0.2) is 13.1 Å². The van der Waals surface area contributed by atoms with Crippen molar-refractivity contribution in [1.82, 2.24) is 9.78 Å². The molecule has 4 rings (SSSR count). The highest BCUT2D eigenvalue weighted by molar-refractivity contribution is 7.92. The minimum atomic E-state index is -4.73. The maximum Gasteiger partial charge on any atom is 0.417 e. The van der Waals surface area contributed by atoms with Gasteiger partial charge in [0.05, 0.1) is 27.9 Å². The lowest BCUT2D eigenvalue weighted by molar-refractivity contribution is -0.139. The topological polar surface area (TPSA) is 55.2 Å². The predicted octanol–water partition coefficient (Wildman–Crippen LogP) is 4.31. The number of anilines is 1. The average Bonchev–Trinajstić information content (AvgIpc) is 3.35. The fourth-order valence-electron chi connectivity index (χ4n) is 3.98. The summed E-state index contributed by atoms with van der Waals surface area (Å²) in [6.07, 6.45) is -4.47. The summed E-state index contributed by atoms with van der Waals surface area (Å²) in [5.41, 5.74) is 0.729. The Hall–Kier alpha value is -2.81. The highest BCUT2D eigenvalue weighted by atomic mass is 32.2. The van der Waals surface area contributed by atoms with E-state index in [2.05, 4.69) is 5.10 Å². The number of rotatable bonds is 5. The van der Waals surface area contributed by atoms with Crippen LogP contribution in [0, 0.1) is 6.92 Å². The summed E-state index contributed by atoms with van der Waals surface area (Å²) in [5.74, 6) is 0.767. The largest absolute Gasteiger partial charge is 0.417 e. The molecule has 1 atom stereocenters. The third-order valence-corrected chi connectivity index (χ3v) is 7.69. The van der Waals surface area contributed by atoms with Crippen LogP contribution in [0.3, 0.4) is 0 Å². The van der Waals surface area contributed by atoms with Crippen LogP contribution in [0.5, 0.6) is 0 Å². The van der Waals surface area contributed by atoms with Crippen LogP contribution in [0.1, 0.15) is 23.2 Å². The molecule has 1 aliphatic heterocycles. The molecular formula is C22H22F3N3O2S. The van der Waals surface area contributed by atoms with Gasteiger partial charge in [-0.05, 0) is 31.0 Å². The molecule has 0 saturated carbocycles. The summed E-state index contributed by atoms with van der Waals surface area (Å²) >= 11 is 0. The van der Waals surface area contributed by atoms with Crippen LogP contribution < -0.4 is 4.90 Å². The molecule has 2 aromatic carbocycles. The van der Waals surface area contributed by atoms with E-state index < -0.39 is 31.7 Å². The van der Waals surface area contributed by atoms with Gasteiger partial charge in [-0.15, -0.1) is 0 Å². The Morgan fingerprint density at radius 3 is 2.45 bits per heavy atom. The third-order valence-electron chi connectivity index (χ3n) is 5.46. The molecule has 3 aromatic rings. The lowest BCUT2D eigenvalue weighted by Gasteiger charge is -2.21. The second kappa shape index (κ2) is 8.03. The number of benzene rings is 2. The molecule has 5 nitrogen and oxygen atoms in total. The van der Waals surface area contributed by atoms with Crippen LogP contribution in [0.25, 0.3) is 0 Å². The number of aryl methyl sites for hydroxylation is 1. The summed E-state index contributed by atoms with van der Waals surface area (Å²) in [6.45, 7) is 2.93. The first-order valence-corrected chi connectivity index (χ1v) is 11.4. The molecule has 0 amide bonds. The van der Waals surface area contributed by atoms with Gasteiger partial charge in [0.15, 0.2) is 9.84 Å². The number of hydrogen-bond acceptors (Lipinski definition) is 4. The minimum absolute atomic E-state index is 0.119. The molecule has 9 heteroatoms.